The van der Waals surface area contributed by atoms with Crippen LogP contribution in [0.1, 0.15) is 27.6 Å². The summed E-state index contributed by atoms with van der Waals surface area (Å²) in [5, 5.41) is 14.3. The molecule has 1 unspecified atom stereocenters. The standard InChI is InChI=1S/C25H23ClN2O6S/c1-14(23(29)28-16-9-12-19(26)18(13-16)25(31)32)35-17-10-7-15(8-11-17)27-24(30)22-20(33-2)5-4-6-21(22)34-3/h4-14H,1-3H3,(H,27,30)(H,28,29)(H,31,32). The molecule has 3 aromatic carbocycles. The normalized spacial score (nSPS) is 11.3. The zero-order valence-corrected chi connectivity index (χ0v) is 20.7. The molecule has 0 bridgehead atoms. The lowest BCUT2D eigenvalue weighted by Crippen LogP contribution is -2.22. The molecule has 35 heavy (non-hydrogen) atoms. The third kappa shape index (κ3) is 6.46. The number of amides is 2. The summed E-state index contributed by atoms with van der Waals surface area (Å²) in [6.45, 7) is 1.73. The highest BCUT2D eigenvalue weighted by Crippen LogP contribution is 2.30. The largest absolute Gasteiger partial charge is 0.496 e. The van der Waals surface area contributed by atoms with Crippen LogP contribution in [0, 0.1) is 0 Å². The highest BCUT2D eigenvalue weighted by atomic mass is 35.5. The fourth-order valence-corrected chi connectivity index (χ4v) is 4.22. The molecule has 3 aromatic rings. The van der Waals surface area contributed by atoms with Crippen molar-refractivity contribution in [1.82, 2.24) is 0 Å². The van der Waals surface area contributed by atoms with Crippen LogP contribution < -0.4 is 20.1 Å². The van der Waals surface area contributed by atoms with Gasteiger partial charge in [-0.1, -0.05) is 17.7 Å². The minimum atomic E-state index is -1.18. The molecule has 0 aliphatic rings. The second-order valence-electron chi connectivity index (χ2n) is 7.27. The van der Waals surface area contributed by atoms with Crippen LogP contribution in [0.4, 0.5) is 11.4 Å². The van der Waals surface area contributed by atoms with Crippen LogP contribution in [-0.2, 0) is 4.79 Å². The van der Waals surface area contributed by atoms with E-state index in [2.05, 4.69) is 10.6 Å². The SMILES string of the molecule is COc1cccc(OC)c1C(=O)Nc1ccc(SC(C)C(=O)Nc2ccc(Cl)c(C(=O)O)c2)cc1. The Bertz CT molecular complexity index is 1230. The summed E-state index contributed by atoms with van der Waals surface area (Å²) in [5.41, 5.74) is 1.10. The van der Waals surface area contributed by atoms with Gasteiger partial charge in [-0.3, -0.25) is 9.59 Å². The maximum Gasteiger partial charge on any atom is 0.337 e. The van der Waals surface area contributed by atoms with Gasteiger partial charge in [0.1, 0.15) is 17.1 Å². The number of rotatable bonds is 9. The first-order valence-corrected chi connectivity index (χ1v) is 11.6. The Morgan fingerprint density at radius 1 is 0.914 bits per heavy atom. The minimum Gasteiger partial charge on any atom is -0.496 e. The van der Waals surface area contributed by atoms with E-state index in [4.69, 9.17) is 21.1 Å². The number of benzene rings is 3. The number of hydrogen-bond donors (Lipinski definition) is 3. The fourth-order valence-electron chi connectivity index (χ4n) is 3.15. The lowest BCUT2D eigenvalue weighted by atomic mass is 10.1. The van der Waals surface area contributed by atoms with Crippen molar-refractivity contribution in [3.63, 3.8) is 0 Å². The van der Waals surface area contributed by atoms with Gasteiger partial charge in [-0.2, -0.15) is 0 Å². The monoisotopic (exact) mass is 514 g/mol. The summed E-state index contributed by atoms with van der Waals surface area (Å²) in [5.74, 6) is -1.06. The maximum atomic E-state index is 12.8. The minimum absolute atomic E-state index is 0.0897. The molecule has 10 heteroatoms. The average molecular weight is 515 g/mol. The van der Waals surface area contributed by atoms with Crippen LogP contribution in [0.3, 0.4) is 0 Å². The molecule has 0 radical (unpaired) electrons. The molecule has 182 valence electrons. The molecule has 0 aliphatic carbocycles. The van der Waals surface area contributed by atoms with Crippen molar-refractivity contribution in [1.29, 1.82) is 0 Å². The zero-order valence-electron chi connectivity index (χ0n) is 19.1. The topological polar surface area (TPSA) is 114 Å². The summed E-state index contributed by atoms with van der Waals surface area (Å²) in [7, 11) is 2.96. The molecule has 3 N–H and O–H groups in total. The van der Waals surface area contributed by atoms with Crippen LogP contribution in [0.2, 0.25) is 5.02 Å². The first kappa shape index (κ1) is 25.9. The van der Waals surface area contributed by atoms with Crippen molar-refractivity contribution in [3.8, 4) is 11.5 Å². The predicted octanol–water partition coefficient (Wildman–Crippen LogP) is 5.43. The van der Waals surface area contributed by atoms with Gasteiger partial charge >= 0.3 is 5.97 Å². The molecule has 3 rings (SSSR count). The molecule has 8 nitrogen and oxygen atoms in total. The Hall–Kier alpha value is -3.69. The molecule has 0 saturated carbocycles. The van der Waals surface area contributed by atoms with Gasteiger partial charge in [-0.05, 0) is 61.5 Å². The van der Waals surface area contributed by atoms with Gasteiger partial charge in [0.15, 0.2) is 0 Å². The first-order chi connectivity index (χ1) is 16.7. The van der Waals surface area contributed by atoms with E-state index in [0.717, 1.165) is 4.90 Å². The van der Waals surface area contributed by atoms with Gasteiger partial charge in [0, 0.05) is 16.3 Å². The summed E-state index contributed by atoms with van der Waals surface area (Å²) in [6, 6.07) is 16.4. The molecule has 0 saturated heterocycles. The second-order valence-corrected chi connectivity index (χ2v) is 9.09. The molecule has 0 aliphatic heterocycles. The van der Waals surface area contributed by atoms with E-state index < -0.39 is 11.2 Å². The van der Waals surface area contributed by atoms with Crippen LogP contribution >= 0.6 is 23.4 Å². The summed E-state index contributed by atoms with van der Waals surface area (Å²) in [6.07, 6.45) is 0. The molecule has 1 atom stereocenters. The smallest absolute Gasteiger partial charge is 0.337 e. The van der Waals surface area contributed by atoms with E-state index in [0.29, 0.717) is 22.9 Å². The molecule has 0 spiro atoms. The lowest BCUT2D eigenvalue weighted by Gasteiger charge is -2.14. The number of anilines is 2. The average Bonchev–Trinajstić information content (AvgIpc) is 2.85. The first-order valence-electron chi connectivity index (χ1n) is 10.4. The fraction of sp³-hybridized carbons (Fsp3) is 0.160. The maximum absolute atomic E-state index is 12.8. The van der Waals surface area contributed by atoms with Crippen LogP contribution in [0.15, 0.2) is 65.6 Å². The van der Waals surface area contributed by atoms with E-state index in [1.54, 1.807) is 49.4 Å². The summed E-state index contributed by atoms with van der Waals surface area (Å²) < 4.78 is 10.6. The highest BCUT2D eigenvalue weighted by Gasteiger charge is 2.19. The van der Waals surface area contributed by atoms with Crippen molar-refractivity contribution in [3.05, 3.63) is 76.8 Å². The third-order valence-corrected chi connectivity index (χ3v) is 6.36. The number of hydrogen-bond acceptors (Lipinski definition) is 6. The number of carbonyl (C=O) groups is 3. The number of nitrogens with one attached hydrogen (secondary N) is 2. The van der Waals surface area contributed by atoms with E-state index in [-0.39, 0.29) is 28.0 Å². The quantitative estimate of drug-likeness (QED) is 0.326. The van der Waals surface area contributed by atoms with Gasteiger partial charge in [0.05, 0.1) is 30.1 Å². The van der Waals surface area contributed by atoms with Crippen molar-refractivity contribution in [2.24, 2.45) is 0 Å². The van der Waals surface area contributed by atoms with Crippen LogP contribution in [0.25, 0.3) is 0 Å². The molecule has 0 aromatic heterocycles. The molecular formula is C25H23ClN2O6S. The van der Waals surface area contributed by atoms with Crippen LogP contribution in [0.5, 0.6) is 11.5 Å². The Morgan fingerprint density at radius 3 is 2.09 bits per heavy atom. The zero-order chi connectivity index (χ0) is 25.5. The molecule has 0 heterocycles. The number of aromatic carboxylic acids is 1. The van der Waals surface area contributed by atoms with Gasteiger partial charge < -0.3 is 25.2 Å². The van der Waals surface area contributed by atoms with Crippen molar-refractivity contribution in [2.75, 3.05) is 24.9 Å². The Morgan fingerprint density at radius 2 is 1.51 bits per heavy atom. The van der Waals surface area contributed by atoms with Gasteiger partial charge in [-0.25, -0.2) is 4.79 Å². The van der Waals surface area contributed by atoms with E-state index in [9.17, 15) is 19.5 Å². The number of carboxylic acid groups (broad SMARTS) is 1. The number of ether oxygens (including phenoxy) is 2. The number of halogens is 1. The van der Waals surface area contributed by atoms with Gasteiger partial charge in [0.25, 0.3) is 5.91 Å². The summed E-state index contributed by atoms with van der Waals surface area (Å²) in [4.78, 5) is 37.4. The van der Waals surface area contributed by atoms with Gasteiger partial charge in [-0.15, -0.1) is 11.8 Å². The summed E-state index contributed by atoms with van der Waals surface area (Å²) >= 11 is 7.18. The second kappa shape index (κ2) is 11.6. The predicted molar refractivity (Wildman–Crippen MR) is 136 cm³/mol. The Labute approximate surface area is 211 Å². The number of carboxylic acids is 1. The molecule has 2 amide bonds. The molecular weight excluding hydrogens is 492 g/mol. The van der Waals surface area contributed by atoms with Crippen molar-refractivity contribution in [2.45, 2.75) is 17.1 Å². The van der Waals surface area contributed by atoms with Crippen LogP contribution in [-0.4, -0.2) is 42.4 Å². The Balaban J connectivity index is 1.63. The third-order valence-electron chi connectivity index (χ3n) is 4.91. The van der Waals surface area contributed by atoms with Crippen molar-refractivity contribution < 1.29 is 29.0 Å². The van der Waals surface area contributed by atoms with E-state index in [1.807, 2.05) is 0 Å². The molecule has 0 fully saturated rings. The number of carbonyl (C=O) groups excluding carboxylic acids is 2. The van der Waals surface area contributed by atoms with E-state index in [1.165, 1.54) is 44.2 Å². The van der Waals surface area contributed by atoms with Gasteiger partial charge in [0.2, 0.25) is 5.91 Å². The van der Waals surface area contributed by atoms with Crippen molar-refractivity contribution >= 4 is 52.5 Å². The Kier molecular flexibility index (Phi) is 8.62. The highest BCUT2D eigenvalue weighted by molar-refractivity contribution is 8.00. The number of thioether (sulfide) groups is 1. The number of methoxy groups -OCH3 is 2. The van der Waals surface area contributed by atoms with E-state index >= 15 is 0 Å². The lowest BCUT2D eigenvalue weighted by molar-refractivity contribution is -0.115.